The molecule has 1 fully saturated rings. The fraction of sp³-hybridized carbons (Fsp3) is 0.278. The molecule has 1 heterocycles. The van der Waals surface area contributed by atoms with Crippen LogP contribution in [-0.4, -0.2) is 39.6 Å². The Morgan fingerprint density at radius 2 is 1.89 bits per heavy atom. The molecule has 146 valence electrons. The molecule has 27 heavy (non-hydrogen) atoms. The average molecular weight is 414 g/mol. The van der Waals surface area contributed by atoms with E-state index in [1.807, 2.05) is 6.07 Å². The number of carbonyl (C=O) groups excluding carboxylic acids is 1. The van der Waals surface area contributed by atoms with Crippen molar-refractivity contribution in [1.82, 2.24) is 10.0 Å². The highest BCUT2D eigenvalue weighted by molar-refractivity contribution is 7.89. The minimum atomic E-state index is -3.79. The predicted octanol–water partition coefficient (Wildman–Crippen LogP) is 2.34. The number of sulfonamides is 1. The minimum Gasteiger partial charge on any atom is -0.322 e. The number of rotatable bonds is 6. The van der Waals surface area contributed by atoms with E-state index in [0.29, 0.717) is 5.69 Å². The van der Waals surface area contributed by atoms with Crippen LogP contribution < -0.4 is 15.4 Å². The Labute approximate surface area is 164 Å². The largest absolute Gasteiger partial charge is 0.322 e. The number of alkyl halides is 1. The van der Waals surface area contributed by atoms with Gasteiger partial charge in [-0.25, -0.2) is 17.5 Å². The third-order valence-electron chi connectivity index (χ3n) is 4.13. The van der Waals surface area contributed by atoms with E-state index < -0.39 is 22.1 Å². The van der Waals surface area contributed by atoms with Gasteiger partial charge in [-0.2, -0.15) is 0 Å². The van der Waals surface area contributed by atoms with Gasteiger partial charge in [-0.15, -0.1) is 12.4 Å². The third kappa shape index (κ3) is 5.74. The fourth-order valence-corrected chi connectivity index (χ4v) is 3.88. The van der Waals surface area contributed by atoms with E-state index >= 15 is 0 Å². The lowest BCUT2D eigenvalue weighted by atomic mass is 10.2. The first kappa shape index (κ1) is 21.3. The van der Waals surface area contributed by atoms with Crippen LogP contribution in [0.15, 0.2) is 59.5 Å². The summed E-state index contributed by atoms with van der Waals surface area (Å²) >= 11 is 0. The average Bonchev–Trinajstić information content (AvgIpc) is 3.06. The summed E-state index contributed by atoms with van der Waals surface area (Å²) in [6, 6.07) is 14.5. The summed E-state index contributed by atoms with van der Waals surface area (Å²) in [5.74, 6) is -0.397. The second kappa shape index (κ2) is 9.27. The molecule has 0 bridgehead atoms. The summed E-state index contributed by atoms with van der Waals surface area (Å²) in [5, 5.41) is 5.63. The van der Waals surface area contributed by atoms with Gasteiger partial charge in [0.2, 0.25) is 10.0 Å². The quantitative estimate of drug-likeness (QED) is 0.678. The maximum absolute atomic E-state index is 13.2. The molecule has 2 aromatic carbocycles. The van der Waals surface area contributed by atoms with Crippen molar-refractivity contribution in [3.05, 3.63) is 60.2 Å². The Morgan fingerprint density at radius 3 is 2.56 bits per heavy atom. The maximum Gasteiger partial charge on any atom is 0.255 e. The molecule has 0 spiro atoms. The van der Waals surface area contributed by atoms with E-state index in [1.165, 1.54) is 18.2 Å². The molecule has 1 saturated heterocycles. The van der Waals surface area contributed by atoms with Crippen LogP contribution in [0.2, 0.25) is 0 Å². The molecular formula is C18H21ClFN3O3S. The number of benzene rings is 2. The molecule has 0 radical (unpaired) electrons. The van der Waals surface area contributed by atoms with E-state index in [1.54, 1.807) is 30.3 Å². The second-order valence-corrected chi connectivity index (χ2v) is 7.90. The molecule has 0 saturated carbocycles. The van der Waals surface area contributed by atoms with Crippen molar-refractivity contribution in [3.8, 4) is 0 Å². The van der Waals surface area contributed by atoms with Crippen molar-refractivity contribution in [2.24, 2.45) is 0 Å². The van der Waals surface area contributed by atoms with E-state index in [2.05, 4.69) is 15.4 Å². The maximum atomic E-state index is 13.2. The van der Waals surface area contributed by atoms with E-state index in [0.717, 1.165) is 0 Å². The fourth-order valence-electron chi connectivity index (χ4n) is 2.75. The first-order valence-electron chi connectivity index (χ1n) is 8.27. The number of anilines is 1. The highest BCUT2D eigenvalue weighted by atomic mass is 35.5. The van der Waals surface area contributed by atoms with Crippen LogP contribution >= 0.6 is 12.4 Å². The number of amides is 1. The summed E-state index contributed by atoms with van der Waals surface area (Å²) in [6.07, 6.45) is -0.670. The molecule has 1 aliphatic heterocycles. The van der Waals surface area contributed by atoms with Crippen LogP contribution in [0.1, 0.15) is 16.8 Å². The number of para-hydroxylation sites is 1. The number of halogens is 2. The smallest absolute Gasteiger partial charge is 0.255 e. The van der Waals surface area contributed by atoms with Crippen LogP contribution in [0, 0.1) is 0 Å². The van der Waals surface area contributed by atoms with Crippen LogP contribution in [-0.2, 0) is 10.0 Å². The highest BCUT2D eigenvalue weighted by Crippen LogP contribution is 2.15. The first-order valence-corrected chi connectivity index (χ1v) is 9.76. The SMILES string of the molecule is Cl.O=C(Nc1ccccc1)c1cccc(S(=O)(=O)NC[C@@H]2C[C@H](F)CN2)c1. The summed E-state index contributed by atoms with van der Waals surface area (Å²) < 4.78 is 40.5. The van der Waals surface area contributed by atoms with Gasteiger partial charge in [-0.3, -0.25) is 4.79 Å². The first-order chi connectivity index (χ1) is 12.4. The van der Waals surface area contributed by atoms with E-state index in [4.69, 9.17) is 0 Å². The Kier molecular flexibility index (Phi) is 7.32. The molecule has 0 aliphatic carbocycles. The van der Waals surface area contributed by atoms with Crippen LogP contribution in [0.4, 0.5) is 10.1 Å². The van der Waals surface area contributed by atoms with Crippen molar-refractivity contribution in [1.29, 1.82) is 0 Å². The second-order valence-electron chi connectivity index (χ2n) is 6.14. The third-order valence-corrected chi connectivity index (χ3v) is 5.55. The lowest BCUT2D eigenvalue weighted by Gasteiger charge is -2.12. The Balaban J connectivity index is 0.00000261. The van der Waals surface area contributed by atoms with Gasteiger partial charge < -0.3 is 10.6 Å². The van der Waals surface area contributed by atoms with Gasteiger partial charge in [0.1, 0.15) is 6.17 Å². The van der Waals surface area contributed by atoms with Crippen molar-refractivity contribution in [2.75, 3.05) is 18.4 Å². The zero-order valence-corrected chi connectivity index (χ0v) is 16.0. The lowest BCUT2D eigenvalue weighted by Crippen LogP contribution is -2.37. The Hall–Kier alpha value is -2.00. The van der Waals surface area contributed by atoms with E-state index in [9.17, 15) is 17.6 Å². The van der Waals surface area contributed by atoms with Crippen LogP contribution in [0.3, 0.4) is 0 Å². The summed E-state index contributed by atoms with van der Waals surface area (Å²) in [6.45, 7) is 0.338. The molecule has 0 aromatic heterocycles. The normalized spacial score (nSPS) is 19.3. The number of carbonyl (C=O) groups is 1. The van der Waals surface area contributed by atoms with Crippen molar-refractivity contribution >= 4 is 34.0 Å². The van der Waals surface area contributed by atoms with Gasteiger partial charge in [0.15, 0.2) is 0 Å². The van der Waals surface area contributed by atoms with Crippen LogP contribution in [0.5, 0.6) is 0 Å². The molecular weight excluding hydrogens is 393 g/mol. The van der Waals surface area contributed by atoms with Crippen LogP contribution in [0.25, 0.3) is 0 Å². The Bertz CT molecular complexity index is 880. The Morgan fingerprint density at radius 1 is 1.15 bits per heavy atom. The molecule has 2 atom stereocenters. The van der Waals surface area contributed by atoms with Gasteiger partial charge >= 0.3 is 0 Å². The molecule has 6 nitrogen and oxygen atoms in total. The van der Waals surface area contributed by atoms with Crippen molar-refractivity contribution < 1.29 is 17.6 Å². The van der Waals surface area contributed by atoms with Crippen molar-refractivity contribution in [3.63, 3.8) is 0 Å². The molecule has 3 N–H and O–H groups in total. The summed E-state index contributed by atoms with van der Waals surface area (Å²) in [5.41, 5.74) is 0.858. The molecule has 0 unspecified atom stereocenters. The summed E-state index contributed by atoms with van der Waals surface area (Å²) in [7, 11) is -3.79. The van der Waals surface area contributed by atoms with E-state index in [-0.39, 0.29) is 48.4 Å². The lowest BCUT2D eigenvalue weighted by molar-refractivity contribution is 0.102. The van der Waals surface area contributed by atoms with Gasteiger partial charge in [0.25, 0.3) is 5.91 Å². The standard InChI is InChI=1S/C18H20FN3O3S.ClH/c19-14-10-16(20-11-14)12-21-26(24,25)17-8-4-5-13(9-17)18(23)22-15-6-2-1-3-7-15;/h1-9,14,16,20-21H,10-12H2,(H,22,23);1H/t14-,16-;/m0./s1. The zero-order valence-electron chi connectivity index (χ0n) is 14.4. The molecule has 1 aliphatic rings. The minimum absolute atomic E-state index is 0. The number of hydrogen-bond acceptors (Lipinski definition) is 4. The topological polar surface area (TPSA) is 87.3 Å². The summed E-state index contributed by atoms with van der Waals surface area (Å²) in [4.78, 5) is 12.3. The molecule has 1 amide bonds. The predicted molar refractivity (Wildman–Crippen MR) is 105 cm³/mol. The molecule has 2 aromatic rings. The zero-order chi connectivity index (χ0) is 18.6. The number of hydrogen-bond donors (Lipinski definition) is 3. The van der Waals surface area contributed by atoms with Gasteiger partial charge in [-0.05, 0) is 36.8 Å². The van der Waals surface area contributed by atoms with Gasteiger partial charge in [-0.1, -0.05) is 24.3 Å². The van der Waals surface area contributed by atoms with Gasteiger partial charge in [0, 0.05) is 30.4 Å². The number of nitrogens with one attached hydrogen (secondary N) is 3. The van der Waals surface area contributed by atoms with Crippen molar-refractivity contribution in [2.45, 2.75) is 23.5 Å². The molecule has 9 heteroatoms. The highest BCUT2D eigenvalue weighted by Gasteiger charge is 2.25. The molecule has 3 rings (SSSR count). The van der Waals surface area contributed by atoms with Gasteiger partial charge in [0.05, 0.1) is 4.90 Å². The monoisotopic (exact) mass is 413 g/mol.